The molecule has 0 aliphatic carbocycles. The Morgan fingerprint density at radius 2 is 2.20 bits per heavy atom. The first-order chi connectivity index (χ1) is 9.63. The molecule has 0 saturated carbocycles. The zero-order valence-electron chi connectivity index (χ0n) is 11.6. The topological polar surface area (TPSA) is 43.4 Å². The number of methoxy groups -OCH3 is 2. The first-order valence-corrected chi connectivity index (χ1v) is 7.44. The fourth-order valence-corrected chi connectivity index (χ4v) is 2.89. The normalized spacial score (nSPS) is 12.2. The third kappa shape index (κ3) is 3.62. The van der Waals surface area contributed by atoms with Crippen molar-refractivity contribution in [2.24, 2.45) is 0 Å². The van der Waals surface area contributed by atoms with Gasteiger partial charge < -0.3 is 14.8 Å². The number of hydrogen-bond donors (Lipinski definition) is 1. The second kappa shape index (κ2) is 6.92. The molecule has 0 spiro atoms. The maximum Gasteiger partial charge on any atom is 0.183 e. The standard InChI is InChI=1S/C14H17ClN2O2S/c1-9(7-18-2)16-14-17-12(8-20-14)10-4-5-13(19-3)11(15)6-10/h4-6,8-9H,7H2,1-3H3,(H,16,17)/t9-/m0/s1. The second-order valence-electron chi connectivity index (χ2n) is 4.39. The number of nitrogens with zero attached hydrogens (tertiary/aromatic N) is 1. The van der Waals surface area contributed by atoms with Crippen molar-refractivity contribution in [1.82, 2.24) is 4.98 Å². The van der Waals surface area contributed by atoms with Crippen LogP contribution in [0.25, 0.3) is 11.3 Å². The third-order valence-corrected chi connectivity index (χ3v) is 3.81. The summed E-state index contributed by atoms with van der Waals surface area (Å²) in [6.45, 7) is 2.69. The second-order valence-corrected chi connectivity index (χ2v) is 5.65. The number of rotatable bonds is 6. The van der Waals surface area contributed by atoms with Gasteiger partial charge in [0.05, 0.1) is 24.4 Å². The summed E-state index contributed by atoms with van der Waals surface area (Å²) >= 11 is 7.69. The molecule has 1 heterocycles. The van der Waals surface area contributed by atoms with Crippen LogP contribution in [0.1, 0.15) is 6.92 Å². The lowest BCUT2D eigenvalue weighted by Crippen LogP contribution is -2.20. The van der Waals surface area contributed by atoms with Crippen LogP contribution in [0, 0.1) is 0 Å². The predicted octanol–water partition coefficient (Wildman–Crippen LogP) is 3.92. The average molecular weight is 313 g/mol. The van der Waals surface area contributed by atoms with Gasteiger partial charge in [0.15, 0.2) is 5.13 Å². The monoisotopic (exact) mass is 312 g/mol. The van der Waals surface area contributed by atoms with Crippen molar-refractivity contribution in [1.29, 1.82) is 0 Å². The highest BCUT2D eigenvalue weighted by Gasteiger charge is 2.09. The van der Waals surface area contributed by atoms with E-state index in [1.807, 2.05) is 23.6 Å². The van der Waals surface area contributed by atoms with Gasteiger partial charge in [0.2, 0.25) is 0 Å². The zero-order valence-corrected chi connectivity index (χ0v) is 13.2. The molecule has 2 aromatic rings. The molecule has 0 radical (unpaired) electrons. The van der Waals surface area contributed by atoms with E-state index in [0.29, 0.717) is 17.4 Å². The van der Waals surface area contributed by atoms with E-state index in [0.717, 1.165) is 16.4 Å². The van der Waals surface area contributed by atoms with Crippen LogP contribution in [0.2, 0.25) is 5.02 Å². The fraction of sp³-hybridized carbons (Fsp3) is 0.357. The van der Waals surface area contributed by atoms with E-state index in [1.165, 1.54) is 0 Å². The van der Waals surface area contributed by atoms with Gasteiger partial charge in [0.25, 0.3) is 0 Å². The van der Waals surface area contributed by atoms with Gasteiger partial charge in [0.1, 0.15) is 5.75 Å². The maximum atomic E-state index is 6.13. The molecule has 0 unspecified atom stereocenters. The van der Waals surface area contributed by atoms with E-state index >= 15 is 0 Å². The van der Waals surface area contributed by atoms with E-state index in [4.69, 9.17) is 21.1 Å². The minimum Gasteiger partial charge on any atom is -0.495 e. The van der Waals surface area contributed by atoms with Crippen LogP contribution in [-0.2, 0) is 4.74 Å². The molecule has 0 aliphatic rings. The smallest absolute Gasteiger partial charge is 0.183 e. The van der Waals surface area contributed by atoms with Crippen LogP contribution in [0.3, 0.4) is 0 Å². The molecule has 0 amide bonds. The number of aromatic nitrogens is 1. The molecule has 20 heavy (non-hydrogen) atoms. The Bertz CT molecular complexity index is 574. The van der Waals surface area contributed by atoms with Crippen LogP contribution >= 0.6 is 22.9 Å². The molecule has 0 aliphatic heterocycles. The number of thiazole rings is 1. The number of nitrogens with one attached hydrogen (secondary N) is 1. The highest BCUT2D eigenvalue weighted by Crippen LogP contribution is 2.31. The first-order valence-electron chi connectivity index (χ1n) is 6.19. The summed E-state index contributed by atoms with van der Waals surface area (Å²) in [6, 6.07) is 5.87. The SMILES string of the molecule is COC[C@H](C)Nc1nc(-c2ccc(OC)c(Cl)c2)cs1. The lowest BCUT2D eigenvalue weighted by Gasteiger charge is -2.10. The third-order valence-electron chi connectivity index (χ3n) is 2.74. The van der Waals surface area contributed by atoms with Crippen LogP contribution in [0.5, 0.6) is 5.75 Å². The van der Waals surface area contributed by atoms with E-state index in [1.54, 1.807) is 25.6 Å². The number of anilines is 1. The maximum absolute atomic E-state index is 6.13. The Balaban J connectivity index is 2.14. The van der Waals surface area contributed by atoms with Crippen molar-refractivity contribution in [2.75, 3.05) is 26.1 Å². The molecule has 0 fully saturated rings. The molecule has 4 nitrogen and oxygen atoms in total. The largest absolute Gasteiger partial charge is 0.495 e. The quantitative estimate of drug-likeness (QED) is 0.878. The molecule has 1 aromatic carbocycles. The lowest BCUT2D eigenvalue weighted by molar-refractivity contribution is 0.190. The van der Waals surface area contributed by atoms with E-state index < -0.39 is 0 Å². The lowest BCUT2D eigenvalue weighted by atomic mass is 10.2. The van der Waals surface area contributed by atoms with Crippen molar-refractivity contribution in [3.63, 3.8) is 0 Å². The van der Waals surface area contributed by atoms with Crippen LogP contribution in [0.4, 0.5) is 5.13 Å². The molecule has 0 bridgehead atoms. The fourth-order valence-electron chi connectivity index (χ4n) is 1.80. The highest BCUT2D eigenvalue weighted by molar-refractivity contribution is 7.14. The van der Waals surface area contributed by atoms with Gasteiger partial charge in [-0.15, -0.1) is 11.3 Å². The van der Waals surface area contributed by atoms with Crippen molar-refractivity contribution in [3.05, 3.63) is 28.6 Å². The molecular weight excluding hydrogens is 296 g/mol. The molecule has 6 heteroatoms. The molecule has 0 saturated heterocycles. The average Bonchev–Trinajstić information content (AvgIpc) is 2.87. The van der Waals surface area contributed by atoms with E-state index in [9.17, 15) is 0 Å². The van der Waals surface area contributed by atoms with Gasteiger partial charge in [-0.25, -0.2) is 4.98 Å². The number of benzene rings is 1. The van der Waals surface area contributed by atoms with Crippen molar-refractivity contribution >= 4 is 28.1 Å². The highest BCUT2D eigenvalue weighted by atomic mass is 35.5. The number of halogens is 1. The Morgan fingerprint density at radius 1 is 1.40 bits per heavy atom. The minimum absolute atomic E-state index is 0.221. The summed E-state index contributed by atoms with van der Waals surface area (Å²) in [7, 11) is 3.29. The van der Waals surface area contributed by atoms with Gasteiger partial charge >= 0.3 is 0 Å². The van der Waals surface area contributed by atoms with Crippen molar-refractivity contribution in [2.45, 2.75) is 13.0 Å². The predicted molar refractivity (Wildman–Crippen MR) is 84.1 cm³/mol. The Labute approximate surface area is 127 Å². The zero-order chi connectivity index (χ0) is 14.5. The summed E-state index contributed by atoms with van der Waals surface area (Å²) in [4.78, 5) is 4.55. The Kier molecular flexibility index (Phi) is 5.23. The first kappa shape index (κ1) is 15.1. The van der Waals surface area contributed by atoms with E-state index in [2.05, 4.69) is 17.2 Å². The van der Waals surface area contributed by atoms with Crippen LogP contribution in [0.15, 0.2) is 23.6 Å². The number of ether oxygens (including phenoxy) is 2. The number of hydrogen-bond acceptors (Lipinski definition) is 5. The summed E-state index contributed by atoms with van der Waals surface area (Å²) in [5, 5.41) is 6.75. The summed E-state index contributed by atoms with van der Waals surface area (Å²) < 4.78 is 10.2. The molecule has 108 valence electrons. The molecule has 1 N–H and O–H groups in total. The van der Waals surface area contributed by atoms with Crippen LogP contribution < -0.4 is 10.1 Å². The molecular formula is C14H17ClN2O2S. The van der Waals surface area contributed by atoms with Crippen molar-refractivity contribution < 1.29 is 9.47 Å². The van der Waals surface area contributed by atoms with Gasteiger partial charge in [0, 0.05) is 24.1 Å². The minimum atomic E-state index is 0.221. The molecule has 1 atom stereocenters. The van der Waals surface area contributed by atoms with Gasteiger partial charge in [-0.1, -0.05) is 11.6 Å². The van der Waals surface area contributed by atoms with E-state index in [-0.39, 0.29) is 6.04 Å². The van der Waals surface area contributed by atoms with Crippen LogP contribution in [-0.4, -0.2) is 31.9 Å². The Morgan fingerprint density at radius 3 is 2.85 bits per heavy atom. The van der Waals surface area contributed by atoms with Gasteiger partial charge in [-0.3, -0.25) is 0 Å². The van der Waals surface area contributed by atoms with Gasteiger partial charge in [-0.05, 0) is 25.1 Å². The Hall–Kier alpha value is -1.30. The molecule has 2 rings (SSSR count). The summed E-state index contributed by atoms with van der Waals surface area (Å²) in [6.07, 6.45) is 0. The van der Waals surface area contributed by atoms with Crippen molar-refractivity contribution in [3.8, 4) is 17.0 Å². The summed E-state index contributed by atoms with van der Waals surface area (Å²) in [5.41, 5.74) is 1.87. The molecule has 1 aromatic heterocycles. The van der Waals surface area contributed by atoms with Gasteiger partial charge in [-0.2, -0.15) is 0 Å². The summed E-state index contributed by atoms with van der Waals surface area (Å²) in [5.74, 6) is 0.665.